The molecule has 1 saturated heterocycles. The zero-order valence-electron chi connectivity index (χ0n) is 19.0. The Kier molecular flexibility index (Phi) is 6.21. The average Bonchev–Trinajstić information content (AvgIpc) is 3.29. The predicted octanol–water partition coefficient (Wildman–Crippen LogP) is 2.81. The van der Waals surface area contributed by atoms with E-state index >= 15 is 0 Å². The number of halogens is 1. The van der Waals surface area contributed by atoms with Gasteiger partial charge in [0.25, 0.3) is 5.56 Å². The molecule has 0 bridgehead atoms. The van der Waals surface area contributed by atoms with Crippen molar-refractivity contribution in [1.29, 1.82) is 0 Å². The number of tetrazole rings is 1. The first-order chi connectivity index (χ1) is 16.5. The summed E-state index contributed by atoms with van der Waals surface area (Å²) < 4.78 is 15.0. The fraction of sp³-hybridized carbons (Fsp3) is 0.360. The Balaban J connectivity index is 1.60. The highest BCUT2D eigenvalue weighted by Crippen LogP contribution is 2.30. The van der Waals surface area contributed by atoms with Crippen LogP contribution in [0.3, 0.4) is 0 Å². The maximum absolute atomic E-state index is 13.4. The van der Waals surface area contributed by atoms with Crippen molar-refractivity contribution >= 4 is 10.9 Å². The van der Waals surface area contributed by atoms with Crippen molar-refractivity contribution in [1.82, 2.24) is 30.1 Å². The number of aryl methyl sites for hydroxylation is 1. The highest BCUT2D eigenvalue weighted by molar-refractivity contribution is 5.80. The van der Waals surface area contributed by atoms with Crippen LogP contribution in [0, 0.1) is 5.82 Å². The molecule has 9 heteroatoms. The number of aromatic amines is 1. The minimum absolute atomic E-state index is 0.191. The van der Waals surface area contributed by atoms with Crippen LogP contribution in [0.2, 0.25) is 0 Å². The van der Waals surface area contributed by atoms with Crippen molar-refractivity contribution < 1.29 is 9.50 Å². The van der Waals surface area contributed by atoms with Gasteiger partial charge < -0.3 is 10.1 Å². The second kappa shape index (κ2) is 9.44. The van der Waals surface area contributed by atoms with Crippen LogP contribution >= 0.6 is 0 Å². The van der Waals surface area contributed by atoms with E-state index in [1.807, 2.05) is 18.2 Å². The predicted molar refractivity (Wildman–Crippen MR) is 126 cm³/mol. The van der Waals surface area contributed by atoms with Crippen LogP contribution in [0.1, 0.15) is 48.3 Å². The number of hydrogen-bond acceptors (Lipinski definition) is 6. The minimum Gasteiger partial charge on any atom is -0.393 e. The number of pyridine rings is 1. The number of rotatable bonds is 6. The summed E-state index contributed by atoms with van der Waals surface area (Å²) in [6.45, 7) is 3.67. The van der Waals surface area contributed by atoms with Crippen LogP contribution in [-0.2, 0) is 13.0 Å². The number of piperidine rings is 1. The first-order valence-electron chi connectivity index (χ1n) is 11.6. The van der Waals surface area contributed by atoms with Gasteiger partial charge in [-0.05, 0) is 76.5 Å². The van der Waals surface area contributed by atoms with Gasteiger partial charge in [-0.1, -0.05) is 25.1 Å². The number of aromatic nitrogens is 5. The summed E-state index contributed by atoms with van der Waals surface area (Å²) in [5.41, 5.74) is 3.19. The molecule has 0 spiro atoms. The molecule has 1 aliphatic rings. The smallest absolute Gasteiger partial charge is 0.253 e. The summed E-state index contributed by atoms with van der Waals surface area (Å²) in [6, 6.07) is 13.7. The molecule has 1 aliphatic heterocycles. The normalized spacial score (nSPS) is 16.2. The molecular formula is C25H27FN6O2. The molecule has 176 valence electrons. The van der Waals surface area contributed by atoms with E-state index in [0.29, 0.717) is 43.9 Å². The molecule has 2 aromatic carbocycles. The number of aliphatic hydroxyl groups is 1. The number of benzene rings is 2. The second-order valence-electron chi connectivity index (χ2n) is 8.82. The van der Waals surface area contributed by atoms with Crippen molar-refractivity contribution in [3.8, 4) is 0 Å². The average molecular weight is 463 g/mol. The van der Waals surface area contributed by atoms with Crippen LogP contribution < -0.4 is 5.56 Å². The van der Waals surface area contributed by atoms with E-state index in [4.69, 9.17) is 0 Å². The molecule has 2 aromatic heterocycles. The number of aliphatic hydroxyl groups excluding tert-OH is 1. The van der Waals surface area contributed by atoms with E-state index < -0.39 is 6.04 Å². The Hall–Kier alpha value is -3.43. The van der Waals surface area contributed by atoms with Gasteiger partial charge in [0.05, 0.1) is 12.6 Å². The lowest BCUT2D eigenvalue weighted by Gasteiger charge is -2.35. The van der Waals surface area contributed by atoms with Gasteiger partial charge >= 0.3 is 0 Å². The van der Waals surface area contributed by atoms with Gasteiger partial charge in [0.1, 0.15) is 11.9 Å². The maximum atomic E-state index is 13.4. The van der Waals surface area contributed by atoms with Crippen molar-refractivity contribution in [3.63, 3.8) is 0 Å². The van der Waals surface area contributed by atoms with Crippen LogP contribution in [0.4, 0.5) is 4.39 Å². The lowest BCUT2D eigenvalue weighted by molar-refractivity contribution is 0.0659. The van der Waals surface area contributed by atoms with Gasteiger partial charge in [-0.15, -0.1) is 5.10 Å². The molecule has 0 amide bonds. The SMILES string of the molecule is CCc1ccc2[nH]c(=O)c([C@H](c3nnnn3Cc3ccc(F)cc3)N3CCC(O)CC3)cc2c1. The monoisotopic (exact) mass is 462 g/mol. The molecule has 8 nitrogen and oxygen atoms in total. The van der Waals surface area contributed by atoms with E-state index in [-0.39, 0.29) is 17.5 Å². The molecule has 5 rings (SSSR count). The van der Waals surface area contributed by atoms with Gasteiger partial charge in [-0.3, -0.25) is 9.69 Å². The lowest BCUT2D eigenvalue weighted by Crippen LogP contribution is -2.41. The highest BCUT2D eigenvalue weighted by atomic mass is 19.1. The maximum Gasteiger partial charge on any atom is 0.253 e. The Morgan fingerprint density at radius 2 is 1.85 bits per heavy atom. The Bertz CT molecular complexity index is 1340. The zero-order chi connectivity index (χ0) is 23.7. The molecule has 2 N–H and O–H groups in total. The quantitative estimate of drug-likeness (QED) is 0.457. The van der Waals surface area contributed by atoms with Crippen LogP contribution in [0.5, 0.6) is 0 Å². The Morgan fingerprint density at radius 3 is 2.59 bits per heavy atom. The van der Waals surface area contributed by atoms with Crippen molar-refractivity contribution in [3.05, 3.63) is 87.2 Å². The van der Waals surface area contributed by atoms with E-state index in [1.165, 1.54) is 17.7 Å². The van der Waals surface area contributed by atoms with Crippen LogP contribution in [-0.4, -0.2) is 54.4 Å². The number of likely N-dealkylation sites (tertiary alicyclic amines) is 1. The zero-order valence-corrected chi connectivity index (χ0v) is 19.0. The fourth-order valence-electron chi connectivity index (χ4n) is 4.62. The number of nitrogens with one attached hydrogen (secondary N) is 1. The molecule has 0 radical (unpaired) electrons. The standard InChI is InChI=1S/C25H27FN6O2/c1-2-16-5-8-22-18(13-16)14-21(25(34)27-22)23(31-11-9-20(33)10-12-31)24-28-29-30-32(24)15-17-3-6-19(26)7-4-17/h3-8,13-14,20,23,33H,2,9-12,15H2,1H3,(H,27,34)/t23-/m1/s1. The van der Waals surface area contributed by atoms with Gasteiger partial charge in [-0.2, -0.15) is 0 Å². The molecule has 34 heavy (non-hydrogen) atoms. The highest BCUT2D eigenvalue weighted by Gasteiger charge is 2.32. The summed E-state index contributed by atoms with van der Waals surface area (Å²) in [7, 11) is 0. The van der Waals surface area contributed by atoms with Crippen LogP contribution in [0.25, 0.3) is 10.9 Å². The van der Waals surface area contributed by atoms with Crippen molar-refractivity contribution in [2.24, 2.45) is 0 Å². The summed E-state index contributed by atoms with van der Waals surface area (Å²) in [5.74, 6) is 0.233. The lowest BCUT2D eigenvalue weighted by atomic mass is 9.98. The summed E-state index contributed by atoms with van der Waals surface area (Å²) in [6.07, 6.45) is 1.77. The Labute approximate surface area is 196 Å². The van der Waals surface area contributed by atoms with Gasteiger partial charge in [0.2, 0.25) is 0 Å². The first kappa shape index (κ1) is 22.4. The first-order valence-corrected chi connectivity index (χ1v) is 11.6. The largest absolute Gasteiger partial charge is 0.393 e. The number of nitrogens with zero attached hydrogens (tertiary/aromatic N) is 5. The van der Waals surface area contributed by atoms with Gasteiger partial charge in [-0.25, -0.2) is 9.07 Å². The minimum atomic E-state index is -0.485. The summed E-state index contributed by atoms with van der Waals surface area (Å²) in [5, 5.41) is 23.4. The number of hydrogen-bond donors (Lipinski definition) is 2. The third-order valence-electron chi connectivity index (χ3n) is 6.55. The summed E-state index contributed by atoms with van der Waals surface area (Å²) in [4.78, 5) is 18.5. The Morgan fingerprint density at radius 1 is 1.12 bits per heavy atom. The molecule has 0 saturated carbocycles. The fourth-order valence-corrected chi connectivity index (χ4v) is 4.62. The molecule has 1 atom stereocenters. The third-order valence-corrected chi connectivity index (χ3v) is 6.55. The van der Waals surface area contributed by atoms with E-state index in [9.17, 15) is 14.3 Å². The second-order valence-corrected chi connectivity index (χ2v) is 8.82. The van der Waals surface area contributed by atoms with Gasteiger partial charge in [0, 0.05) is 24.2 Å². The number of H-pyrrole nitrogens is 1. The number of fused-ring (bicyclic) bond motifs is 1. The van der Waals surface area contributed by atoms with Crippen molar-refractivity contribution in [2.75, 3.05) is 13.1 Å². The molecule has 4 aromatic rings. The van der Waals surface area contributed by atoms with E-state index in [1.54, 1.807) is 16.8 Å². The van der Waals surface area contributed by atoms with Crippen molar-refractivity contribution in [2.45, 2.75) is 44.9 Å². The van der Waals surface area contributed by atoms with E-state index in [0.717, 1.165) is 22.9 Å². The van der Waals surface area contributed by atoms with Gasteiger partial charge in [0.15, 0.2) is 5.82 Å². The van der Waals surface area contributed by atoms with Crippen LogP contribution in [0.15, 0.2) is 53.3 Å². The third kappa shape index (κ3) is 4.49. The molecule has 0 aliphatic carbocycles. The topological polar surface area (TPSA) is 99.9 Å². The summed E-state index contributed by atoms with van der Waals surface area (Å²) >= 11 is 0. The van der Waals surface area contributed by atoms with E-state index in [2.05, 4.69) is 38.4 Å². The molecule has 3 heterocycles. The molecule has 1 fully saturated rings. The molecule has 0 unspecified atom stereocenters. The molecular weight excluding hydrogens is 435 g/mol.